The maximum absolute atomic E-state index is 5.69. The first-order valence-electron chi connectivity index (χ1n) is 4.14. The zero-order chi connectivity index (χ0) is 8.60. The Morgan fingerprint density at radius 3 is 3.25 bits per heavy atom. The van der Waals surface area contributed by atoms with E-state index in [4.69, 9.17) is 14.9 Å². The van der Waals surface area contributed by atoms with Crippen LogP contribution in [0.5, 0.6) is 0 Å². The van der Waals surface area contributed by atoms with Crippen LogP contribution in [0.15, 0.2) is 16.7 Å². The number of methoxy groups -OCH3 is 1. The van der Waals surface area contributed by atoms with Gasteiger partial charge in [0.1, 0.15) is 11.4 Å². The molecule has 0 spiro atoms. The third-order valence-electron chi connectivity index (χ3n) is 2.71. The molecule has 0 radical (unpaired) electrons. The zero-order valence-electron chi connectivity index (χ0n) is 7.17. The second kappa shape index (κ2) is 2.61. The quantitative estimate of drug-likeness (QED) is 0.715. The summed E-state index contributed by atoms with van der Waals surface area (Å²) in [5.74, 6) is 1.03. The first kappa shape index (κ1) is 7.83. The topological polar surface area (TPSA) is 48.4 Å². The number of fused-ring (bicyclic) bond motifs is 1. The Morgan fingerprint density at radius 1 is 1.75 bits per heavy atom. The van der Waals surface area contributed by atoms with Crippen molar-refractivity contribution in [2.45, 2.75) is 18.4 Å². The molecule has 0 saturated carbocycles. The van der Waals surface area contributed by atoms with Crippen molar-refractivity contribution in [3.63, 3.8) is 0 Å². The van der Waals surface area contributed by atoms with Gasteiger partial charge >= 0.3 is 0 Å². The molecule has 66 valence electrons. The van der Waals surface area contributed by atoms with Crippen LogP contribution in [0.1, 0.15) is 17.7 Å². The Hall–Kier alpha value is -0.800. The van der Waals surface area contributed by atoms with Crippen molar-refractivity contribution < 1.29 is 9.15 Å². The summed E-state index contributed by atoms with van der Waals surface area (Å²) in [5, 5.41) is 0. The molecular formula is C9H13NO2. The number of aryl methyl sites for hydroxylation is 1. The molecule has 12 heavy (non-hydrogen) atoms. The summed E-state index contributed by atoms with van der Waals surface area (Å²) in [7, 11) is 1.70. The van der Waals surface area contributed by atoms with Crippen molar-refractivity contribution in [3.8, 4) is 0 Å². The summed E-state index contributed by atoms with van der Waals surface area (Å²) in [5.41, 5.74) is 6.54. The van der Waals surface area contributed by atoms with Gasteiger partial charge in [-0.25, -0.2) is 0 Å². The minimum atomic E-state index is -0.275. The first-order valence-corrected chi connectivity index (χ1v) is 4.14. The largest absolute Gasteiger partial charge is 0.469 e. The normalized spacial score (nSPS) is 27.5. The van der Waals surface area contributed by atoms with Crippen molar-refractivity contribution in [1.82, 2.24) is 0 Å². The van der Waals surface area contributed by atoms with Crippen LogP contribution in [0.3, 0.4) is 0 Å². The van der Waals surface area contributed by atoms with Crippen LogP contribution in [-0.2, 0) is 16.8 Å². The molecule has 0 aliphatic heterocycles. The smallest absolute Gasteiger partial charge is 0.110 e. The molecule has 2 rings (SSSR count). The second-order valence-electron chi connectivity index (χ2n) is 3.16. The average Bonchev–Trinajstić information content (AvgIpc) is 2.64. The van der Waals surface area contributed by atoms with Crippen molar-refractivity contribution in [2.24, 2.45) is 5.73 Å². The molecule has 2 N–H and O–H groups in total. The predicted octanol–water partition coefficient (Wildman–Crippen LogP) is 1.03. The minimum absolute atomic E-state index is 0.275. The van der Waals surface area contributed by atoms with Crippen LogP contribution in [-0.4, -0.2) is 13.7 Å². The highest BCUT2D eigenvalue weighted by Gasteiger charge is 2.39. The lowest BCUT2D eigenvalue weighted by molar-refractivity contribution is -0.00507. The summed E-state index contributed by atoms with van der Waals surface area (Å²) < 4.78 is 10.7. The third kappa shape index (κ3) is 0.836. The van der Waals surface area contributed by atoms with Crippen molar-refractivity contribution >= 4 is 0 Å². The van der Waals surface area contributed by atoms with Crippen LogP contribution in [0.2, 0.25) is 0 Å². The van der Waals surface area contributed by atoms with Gasteiger partial charge in [0.05, 0.1) is 6.26 Å². The zero-order valence-corrected chi connectivity index (χ0v) is 7.17. The van der Waals surface area contributed by atoms with Crippen LogP contribution in [0, 0.1) is 0 Å². The lowest BCUT2D eigenvalue weighted by Gasteiger charge is -2.25. The van der Waals surface area contributed by atoms with Gasteiger partial charge in [-0.05, 0) is 12.5 Å². The Labute approximate surface area is 71.5 Å². The standard InChI is InChI=1S/C9H13NO2/c1-11-9(6-10)4-2-8-7(9)3-5-12-8/h3,5H,2,4,6,10H2,1H3. The number of hydrogen-bond donors (Lipinski definition) is 1. The van der Waals surface area contributed by atoms with Gasteiger partial charge in [0.2, 0.25) is 0 Å². The molecule has 1 aliphatic carbocycles. The van der Waals surface area contributed by atoms with Crippen molar-refractivity contribution in [2.75, 3.05) is 13.7 Å². The third-order valence-corrected chi connectivity index (χ3v) is 2.71. The Morgan fingerprint density at radius 2 is 2.58 bits per heavy atom. The van der Waals surface area contributed by atoms with E-state index in [2.05, 4.69) is 0 Å². The van der Waals surface area contributed by atoms with E-state index < -0.39 is 0 Å². The van der Waals surface area contributed by atoms with Crippen LogP contribution < -0.4 is 5.73 Å². The Bertz CT molecular complexity index is 276. The Balaban J connectivity index is 2.42. The highest BCUT2D eigenvalue weighted by atomic mass is 16.5. The molecule has 1 aliphatic rings. The molecule has 3 nitrogen and oxygen atoms in total. The molecule has 1 aromatic heterocycles. The van der Waals surface area contributed by atoms with E-state index in [0.717, 1.165) is 24.2 Å². The number of rotatable bonds is 2. The van der Waals surface area contributed by atoms with Gasteiger partial charge in [0, 0.05) is 25.6 Å². The van der Waals surface area contributed by atoms with Crippen LogP contribution in [0.4, 0.5) is 0 Å². The van der Waals surface area contributed by atoms with Crippen LogP contribution >= 0.6 is 0 Å². The molecule has 0 fully saturated rings. The molecular weight excluding hydrogens is 154 g/mol. The summed E-state index contributed by atoms with van der Waals surface area (Å²) in [6, 6.07) is 1.96. The highest BCUT2D eigenvalue weighted by Crippen LogP contribution is 2.39. The van der Waals surface area contributed by atoms with Gasteiger partial charge in [-0.1, -0.05) is 0 Å². The average molecular weight is 167 g/mol. The molecule has 1 unspecified atom stereocenters. The molecule has 1 atom stereocenters. The molecule has 1 aromatic rings. The first-order chi connectivity index (χ1) is 5.82. The maximum atomic E-state index is 5.69. The van der Waals surface area contributed by atoms with E-state index in [-0.39, 0.29) is 5.60 Å². The molecule has 0 aromatic carbocycles. The lowest BCUT2D eigenvalue weighted by Crippen LogP contribution is -2.34. The van der Waals surface area contributed by atoms with Crippen LogP contribution in [0.25, 0.3) is 0 Å². The second-order valence-corrected chi connectivity index (χ2v) is 3.16. The van der Waals surface area contributed by atoms with Gasteiger partial charge in [-0.2, -0.15) is 0 Å². The fourth-order valence-corrected chi connectivity index (χ4v) is 1.90. The van der Waals surface area contributed by atoms with Gasteiger partial charge in [0.25, 0.3) is 0 Å². The summed E-state index contributed by atoms with van der Waals surface area (Å²) in [6.07, 6.45) is 3.58. The number of ether oxygens (including phenoxy) is 1. The number of hydrogen-bond acceptors (Lipinski definition) is 3. The molecule has 3 heteroatoms. The van der Waals surface area contributed by atoms with Gasteiger partial charge in [0.15, 0.2) is 0 Å². The van der Waals surface area contributed by atoms with E-state index in [1.807, 2.05) is 6.07 Å². The monoisotopic (exact) mass is 167 g/mol. The summed E-state index contributed by atoms with van der Waals surface area (Å²) >= 11 is 0. The predicted molar refractivity (Wildman–Crippen MR) is 44.8 cm³/mol. The number of furan rings is 1. The highest BCUT2D eigenvalue weighted by molar-refractivity contribution is 5.31. The molecule has 0 bridgehead atoms. The Kier molecular flexibility index (Phi) is 1.70. The lowest BCUT2D eigenvalue weighted by atomic mass is 9.98. The van der Waals surface area contributed by atoms with Gasteiger partial charge in [-0.3, -0.25) is 0 Å². The molecule has 0 saturated heterocycles. The van der Waals surface area contributed by atoms with E-state index >= 15 is 0 Å². The fourth-order valence-electron chi connectivity index (χ4n) is 1.90. The minimum Gasteiger partial charge on any atom is -0.469 e. The van der Waals surface area contributed by atoms with Gasteiger partial charge < -0.3 is 14.9 Å². The number of nitrogens with two attached hydrogens (primary N) is 1. The van der Waals surface area contributed by atoms with E-state index in [9.17, 15) is 0 Å². The van der Waals surface area contributed by atoms with Gasteiger partial charge in [-0.15, -0.1) is 0 Å². The summed E-state index contributed by atoms with van der Waals surface area (Å²) in [4.78, 5) is 0. The van der Waals surface area contributed by atoms with Crippen molar-refractivity contribution in [1.29, 1.82) is 0 Å². The maximum Gasteiger partial charge on any atom is 0.110 e. The molecule has 0 amide bonds. The van der Waals surface area contributed by atoms with E-state index in [0.29, 0.717) is 6.54 Å². The summed E-state index contributed by atoms with van der Waals surface area (Å²) in [6.45, 7) is 0.524. The van der Waals surface area contributed by atoms with E-state index in [1.165, 1.54) is 0 Å². The SMILES string of the molecule is COC1(CN)CCc2occc21. The fraction of sp³-hybridized carbons (Fsp3) is 0.556. The van der Waals surface area contributed by atoms with E-state index in [1.54, 1.807) is 13.4 Å². The van der Waals surface area contributed by atoms with Crippen molar-refractivity contribution in [3.05, 3.63) is 23.7 Å². The molecule has 1 heterocycles.